The Hall–Kier alpha value is -1.97. The molecule has 120 valence electrons. The van der Waals surface area contributed by atoms with E-state index in [1.165, 1.54) is 5.56 Å². The summed E-state index contributed by atoms with van der Waals surface area (Å²) in [5.41, 5.74) is 1.90. The lowest BCUT2D eigenvalue weighted by atomic mass is 10.1. The molecule has 0 N–H and O–H groups in total. The van der Waals surface area contributed by atoms with Crippen molar-refractivity contribution in [1.82, 2.24) is 14.7 Å². The van der Waals surface area contributed by atoms with Gasteiger partial charge in [-0.25, -0.2) is 0 Å². The molecule has 0 saturated carbocycles. The van der Waals surface area contributed by atoms with Crippen molar-refractivity contribution in [2.75, 3.05) is 31.2 Å². The highest BCUT2D eigenvalue weighted by molar-refractivity contribution is 7.99. The molecule has 1 saturated heterocycles. The van der Waals surface area contributed by atoms with Crippen molar-refractivity contribution in [2.24, 2.45) is 7.05 Å². The normalized spacial score (nSPS) is 18.5. The molecule has 0 aliphatic carbocycles. The average Bonchev–Trinajstić information content (AvgIpc) is 3.02. The van der Waals surface area contributed by atoms with Gasteiger partial charge < -0.3 is 4.74 Å². The third kappa shape index (κ3) is 4.06. The zero-order chi connectivity index (χ0) is 16.1. The minimum atomic E-state index is 0.400. The highest BCUT2D eigenvalue weighted by Gasteiger charge is 2.25. The molecule has 0 amide bonds. The summed E-state index contributed by atoms with van der Waals surface area (Å²) in [6.07, 6.45) is 4.06. The molecule has 1 aromatic carbocycles. The molecule has 6 heteroatoms. The van der Waals surface area contributed by atoms with Gasteiger partial charge in [-0.15, -0.1) is 0 Å². The van der Waals surface area contributed by atoms with E-state index in [2.05, 4.69) is 22.3 Å². The predicted octanol–water partition coefficient (Wildman–Crippen LogP) is 2.46. The third-order valence-electron chi connectivity index (χ3n) is 3.96. The van der Waals surface area contributed by atoms with Gasteiger partial charge >= 0.3 is 0 Å². The predicted molar refractivity (Wildman–Crippen MR) is 91.5 cm³/mol. The molecule has 1 fully saturated rings. The summed E-state index contributed by atoms with van der Waals surface area (Å²) >= 11 is 1.99. The number of aryl methyl sites for hydroxylation is 1. The SMILES string of the molecule is Cn1cc([C@H]2CSCCN2CCOc2cccc(C#N)c2)cn1. The number of hydrogen-bond donors (Lipinski definition) is 0. The number of ether oxygens (including phenoxy) is 1. The molecule has 1 atom stereocenters. The molecule has 2 heterocycles. The van der Waals surface area contributed by atoms with Crippen LogP contribution in [0.1, 0.15) is 17.2 Å². The van der Waals surface area contributed by atoms with Crippen LogP contribution in [0.5, 0.6) is 5.75 Å². The van der Waals surface area contributed by atoms with Crippen LogP contribution in [0.4, 0.5) is 0 Å². The summed E-state index contributed by atoms with van der Waals surface area (Å²) in [5, 5.41) is 13.2. The Balaban J connectivity index is 1.58. The Bertz CT molecular complexity index is 694. The quantitative estimate of drug-likeness (QED) is 0.844. The molecule has 23 heavy (non-hydrogen) atoms. The van der Waals surface area contributed by atoms with Gasteiger partial charge in [0, 0.05) is 49.4 Å². The second-order valence-electron chi connectivity index (χ2n) is 5.56. The van der Waals surface area contributed by atoms with Crippen LogP contribution >= 0.6 is 11.8 Å². The largest absolute Gasteiger partial charge is 0.492 e. The second kappa shape index (κ2) is 7.53. The van der Waals surface area contributed by atoms with Crippen LogP contribution in [-0.4, -0.2) is 45.9 Å². The Morgan fingerprint density at radius 3 is 3.17 bits per heavy atom. The fourth-order valence-corrected chi connectivity index (χ4v) is 3.92. The second-order valence-corrected chi connectivity index (χ2v) is 6.71. The number of benzene rings is 1. The van der Waals surface area contributed by atoms with E-state index in [1.54, 1.807) is 12.1 Å². The van der Waals surface area contributed by atoms with Crippen molar-refractivity contribution in [3.63, 3.8) is 0 Å². The van der Waals surface area contributed by atoms with Crippen molar-refractivity contribution in [2.45, 2.75) is 6.04 Å². The molecule has 0 unspecified atom stereocenters. The highest BCUT2D eigenvalue weighted by atomic mass is 32.2. The molecule has 1 aliphatic heterocycles. The number of thioether (sulfide) groups is 1. The van der Waals surface area contributed by atoms with Crippen molar-refractivity contribution in [3.8, 4) is 11.8 Å². The van der Waals surface area contributed by atoms with Crippen LogP contribution in [0, 0.1) is 11.3 Å². The Labute approximate surface area is 140 Å². The van der Waals surface area contributed by atoms with E-state index in [4.69, 9.17) is 10.00 Å². The Morgan fingerprint density at radius 1 is 1.48 bits per heavy atom. The number of aromatic nitrogens is 2. The van der Waals surface area contributed by atoms with Gasteiger partial charge in [0.1, 0.15) is 12.4 Å². The van der Waals surface area contributed by atoms with Crippen LogP contribution in [0.15, 0.2) is 36.7 Å². The molecule has 5 nitrogen and oxygen atoms in total. The van der Waals surface area contributed by atoms with Gasteiger partial charge in [0.2, 0.25) is 0 Å². The van der Waals surface area contributed by atoms with E-state index in [-0.39, 0.29) is 0 Å². The van der Waals surface area contributed by atoms with E-state index in [0.29, 0.717) is 18.2 Å². The lowest BCUT2D eigenvalue weighted by Gasteiger charge is -2.34. The van der Waals surface area contributed by atoms with E-state index in [1.807, 2.05) is 41.8 Å². The lowest BCUT2D eigenvalue weighted by Crippen LogP contribution is -2.38. The smallest absolute Gasteiger partial charge is 0.120 e. The summed E-state index contributed by atoms with van der Waals surface area (Å²) in [4.78, 5) is 2.46. The van der Waals surface area contributed by atoms with Crippen molar-refractivity contribution in [3.05, 3.63) is 47.8 Å². The third-order valence-corrected chi connectivity index (χ3v) is 4.98. The first-order valence-corrected chi connectivity index (χ1v) is 8.85. The number of rotatable bonds is 5. The summed E-state index contributed by atoms with van der Waals surface area (Å²) in [6.45, 7) is 2.55. The van der Waals surface area contributed by atoms with Crippen molar-refractivity contribution in [1.29, 1.82) is 5.26 Å². The van der Waals surface area contributed by atoms with Crippen molar-refractivity contribution < 1.29 is 4.74 Å². The Kier molecular flexibility index (Phi) is 5.21. The van der Waals surface area contributed by atoms with Crippen LogP contribution < -0.4 is 4.74 Å². The standard InChI is InChI=1S/C17H20N4OS/c1-20-12-15(11-19-20)17-13-23-8-6-21(17)5-7-22-16-4-2-3-14(9-16)10-18/h2-4,9,11-12,17H,5-8,13H2,1H3/t17-/m1/s1. The van der Waals surface area contributed by atoms with Crippen LogP contribution in [0.3, 0.4) is 0 Å². The molecule has 0 bridgehead atoms. The molecule has 1 aromatic heterocycles. The van der Waals surface area contributed by atoms with Gasteiger partial charge in [-0.05, 0) is 18.2 Å². The molecule has 0 spiro atoms. The minimum Gasteiger partial charge on any atom is -0.492 e. The first-order chi connectivity index (χ1) is 11.3. The summed E-state index contributed by atoms with van der Waals surface area (Å²) < 4.78 is 7.68. The maximum atomic E-state index is 8.93. The molecular weight excluding hydrogens is 308 g/mol. The van der Waals surface area contributed by atoms with E-state index in [0.717, 1.165) is 30.3 Å². The van der Waals surface area contributed by atoms with Gasteiger partial charge in [0.05, 0.1) is 17.8 Å². The number of nitrogens with zero attached hydrogens (tertiary/aromatic N) is 4. The van der Waals surface area contributed by atoms with E-state index >= 15 is 0 Å². The zero-order valence-electron chi connectivity index (χ0n) is 13.2. The summed E-state index contributed by atoms with van der Waals surface area (Å²) in [6, 6.07) is 9.85. The minimum absolute atomic E-state index is 0.400. The van der Waals surface area contributed by atoms with Crippen LogP contribution in [0.2, 0.25) is 0 Å². The first-order valence-electron chi connectivity index (χ1n) is 7.69. The topological polar surface area (TPSA) is 54.1 Å². The van der Waals surface area contributed by atoms with E-state index in [9.17, 15) is 0 Å². The van der Waals surface area contributed by atoms with Gasteiger partial charge in [-0.2, -0.15) is 22.1 Å². The summed E-state index contributed by atoms with van der Waals surface area (Å²) in [7, 11) is 1.95. The van der Waals surface area contributed by atoms with Crippen LogP contribution in [0.25, 0.3) is 0 Å². The molecule has 0 radical (unpaired) electrons. The van der Waals surface area contributed by atoms with Gasteiger partial charge in [-0.3, -0.25) is 9.58 Å². The maximum Gasteiger partial charge on any atom is 0.120 e. The molecule has 2 aromatic rings. The molecular formula is C17H20N4OS. The Morgan fingerprint density at radius 2 is 2.39 bits per heavy atom. The zero-order valence-corrected chi connectivity index (χ0v) is 14.0. The van der Waals surface area contributed by atoms with Gasteiger partial charge in [0.25, 0.3) is 0 Å². The molecule has 3 rings (SSSR count). The van der Waals surface area contributed by atoms with Crippen molar-refractivity contribution >= 4 is 11.8 Å². The maximum absolute atomic E-state index is 8.93. The first kappa shape index (κ1) is 15.9. The average molecular weight is 328 g/mol. The van der Waals surface area contributed by atoms with E-state index < -0.39 is 0 Å². The highest BCUT2D eigenvalue weighted by Crippen LogP contribution is 2.28. The fraction of sp³-hybridized carbons (Fsp3) is 0.412. The monoisotopic (exact) mass is 328 g/mol. The number of hydrogen-bond acceptors (Lipinski definition) is 5. The van der Waals surface area contributed by atoms with Gasteiger partial charge in [-0.1, -0.05) is 6.07 Å². The van der Waals surface area contributed by atoms with Crippen LogP contribution in [-0.2, 0) is 7.05 Å². The molecule has 1 aliphatic rings. The summed E-state index contributed by atoms with van der Waals surface area (Å²) in [5.74, 6) is 3.00. The lowest BCUT2D eigenvalue weighted by molar-refractivity contribution is 0.175. The van der Waals surface area contributed by atoms with Gasteiger partial charge in [0.15, 0.2) is 0 Å². The fourth-order valence-electron chi connectivity index (χ4n) is 2.76. The number of nitriles is 1.